The molecule has 0 bridgehead atoms. The minimum atomic E-state index is -0.591. The number of halogens is 1. The summed E-state index contributed by atoms with van der Waals surface area (Å²) in [5.74, 6) is 0.109. The summed E-state index contributed by atoms with van der Waals surface area (Å²) in [5.41, 5.74) is 2.83. The van der Waals surface area contributed by atoms with Crippen molar-refractivity contribution >= 4 is 33.1 Å². The van der Waals surface area contributed by atoms with Gasteiger partial charge < -0.3 is 14.0 Å². The average Bonchev–Trinajstić information content (AvgIpc) is 3.58. The van der Waals surface area contributed by atoms with Crippen LogP contribution in [0.4, 0.5) is 4.39 Å². The fourth-order valence-corrected chi connectivity index (χ4v) is 5.25. The van der Waals surface area contributed by atoms with Crippen LogP contribution in [-0.4, -0.2) is 33.2 Å². The third kappa shape index (κ3) is 6.21. The molecule has 0 amide bonds. The molecule has 0 N–H and O–H groups in total. The van der Waals surface area contributed by atoms with Crippen LogP contribution < -0.4 is 9.47 Å². The monoisotopic (exact) mass is 543 g/mol. The smallest absolute Gasteiger partial charge is 0.166 e. The Kier molecular flexibility index (Phi) is 7.79. The van der Waals surface area contributed by atoms with Gasteiger partial charge in [0.1, 0.15) is 23.1 Å². The minimum Gasteiger partial charge on any atom is -0.497 e. The Morgan fingerprint density at radius 2 is 1.77 bits per heavy atom. The lowest BCUT2D eigenvalue weighted by Gasteiger charge is -2.09. The number of carbonyl (C=O) groups excluding carboxylic acids is 2. The van der Waals surface area contributed by atoms with Gasteiger partial charge in [0.25, 0.3) is 0 Å². The maximum atomic E-state index is 15.0. The Balaban J connectivity index is 1.24. The summed E-state index contributed by atoms with van der Waals surface area (Å²) in [4.78, 5) is 34.7. The fraction of sp³-hybridized carbons (Fsp3) is 0.200. The average molecular weight is 544 g/mol. The van der Waals surface area contributed by atoms with E-state index in [1.54, 1.807) is 50.0 Å². The van der Waals surface area contributed by atoms with E-state index in [0.29, 0.717) is 17.1 Å². The number of thiophene rings is 1. The van der Waals surface area contributed by atoms with E-state index in [1.165, 1.54) is 23.5 Å². The zero-order chi connectivity index (χ0) is 27.4. The molecule has 0 saturated carbocycles. The topological polar surface area (TPSA) is 83.3 Å². The molecular formula is C30H26FN3O4S. The number of aromatic nitrogens is 3. The molecular weight excluding hydrogens is 517 g/mol. The van der Waals surface area contributed by atoms with E-state index in [0.717, 1.165) is 32.9 Å². The molecule has 39 heavy (non-hydrogen) atoms. The lowest BCUT2D eigenvalue weighted by Crippen LogP contribution is -2.12. The van der Waals surface area contributed by atoms with Crippen molar-refractivity contribution in [2.45, 2.75) is 32.7 Å². The second-order valence-electron chi connectivity index (χ2n) is 9.05. The Hall–Kier alpha value is -4.37. The first kappa shape index (κ1) is 26.2. The number of fused-ring (bicyclic) bond motifs is 1. The number of hydrogen-bond donors (Lipinski definition) is 0. The van der Waals surface area contributed by atoms with Gasteiger partial charge >= 0.3 is 0 Å². The molecule has 3 aromatic heterocycles. The maximum absolute atomic E-state index is 15.0. The molecule has 0 spiro atoms. The number of ketones is 2. The van der Waals surface area contributed by atoms with Gasteiger partial charge in [0.2, 0.25) is 0 Å². The largest absolute Gasteiger partial charge is 0.497 e. The van der Waals surface area contributed by atoms with E-state index in [-0.39, 0.29) is 36.6 Å². The fourth-order valence-electron chi connectivity index (χ4n) is 4.22. The van der Waals surface area contributed by atoms with Gasteiger partial charge in [-0.25, -0.2) is 9.37 Å². The summed E-state index contributed by atoms with van der Waals surface area (Å²) in [6, 6.07) is 15.2. The zero-order valence-corrected chi connectivity index (χ0v) is 22.3. The predicted octanol–water partition coefficient (Wildman–Crippen LogP) is 6.43. The Bertz CT molecular complexity index is 1660. The third-order valence-electron chi connectivity index (χ3n) is 6.17. The van der Waals surface area contributed by atoms with Gasteiger partial charge in [-0.15, -0.1) is 11.3 Å². The molecule has 0 atom stereocenters. The summed E-state index contributed by atoms with van der Waals surface area (Å²) in [5, 5.41) is 0. The summed E-state index contributed by atoms with van der Waals surface area (Å²) < 4.78 is 28.9. The molecule has 0 fully saturated rings. The van der Waals surface area contributed by atoms with Gasteiger partial charge in [0.05, 0.1) is 40.6 Å². The molecule has 0 aliphatic rings. The number of rotatable bonds is 11. The van der Waals surface area contributed by atoms with Crippen LogP contribution in [0.5, 0.6) is 17.2 Å². The standard InChI is InChI=1S/C30H26FN3O4S/c1-3-34-17-26(33-18-34)29-16-25-30(39-29)28(9-10-32-25)38-27-8-7-20(14-24(27)31)12-22(36)15-21(35)11-19-5-4-6-23(13-19)37-2/h4-10,13-14,16-18H,3,11-12,15H2,1-2H3. The lowest BCUT2D eigenvalue weighted by molar-refractivity contribution is -0.126. The van der Waals surface area contributed by atoms with Crippen molar-refractivity contribution in [2.24, 2.45) is 0 Å². The summed E-state index contributed by atoms with van der Waals surface area (Å²) in [6.45, 7) is 2.87. The molecule has 2 aromatic carbocycles. The zero-order valence-electron chi connectivity index (χ0n) is 21.5. The van der Waals surface area contributed by atoms with Crippen molar-refractivity contribution in [1.82, 2.24) is 14.5 Å². The van der Waals surface area contributed by atoms with E-state index in [9.17, 15) is 14.0 Å². The van der Waals surface area contributed by atoms with Gasteiger partial charge in [0, 0.05) is 37.8 Å². The van der Waals surface area contributed by atoms with Crippen molar-refractivity contribution in [1.29, 1.82) is 0 Å². The number of nitrogens with zero attached hydrogens (tertiary/aromatic N) is 3. The first-order chi connectivity index (χ1) is 18.9. The Morgan fingerprint density at radius 1 is 0.974 bits per heavy atom. The van der Waals surface area contributed by atoms with Crippen LogP contribution in [0.15, 0.2) is 73.3 Å². The molecule has 0 saturated heterocycles. The van der Waals surface area contributed by atoms with Crippen molar-refractivity contribution in [3.63, 3.8) is 0 Å². The summed E-state index contributed by atoms with van der Waals surface area (Å²) in [7, 11) is 1.56. The number of pyridine rings is 1. The number of ether oxygens (including phenoxy) is 2. The van der Waals surface area contributed by atoms with Crippen molar-refractivity contribution in [2.75, 3.05) is 7.11 Å². The highest BCUT2D eigenvalue weighted by atomic mass is 32.1. The van der Waals surface area contributed by atoms with Crippen LogP contribution in [0, 0.1) is 5.82 Å². The minimum absolute atomic E-state index is 0.0398. The van der Waals surface area contributed by atoms with E-state index >= 15 is 0 Å². The van der Waals surface area contributed by atoms with Gasteiger partial charge in [-0.1, -0.05) is 18.2 Å². The number of aryl methyl sites for hydroxylation is 1. The number of methoxy groups -OCH3 is 1. The van der Waals surface area contributed by atoms with Crippen molar-refractivity contribution in [3.8, 4) is 27.8 Å². The van der Waals surface area contributed by atoms with Crippen LogP contribution in [0.2, 0.25) is 0 Å². The number of benzene rings is 2. The Labute approximate surface area is 228 Å². The lowest BCUT2D eigenvalue weighted by atomic mass is 10.0. The molecule has 9 heteroatoms. The van der Waals surface area contributed by atoms with Crippen LogP contribution in [0.3, 0.4) is 0 Å². The normalized spacial score (nSPS) is 11.1. The van der Waals surface area contributed by atoms with E-state index < -0.39 is 5.82 Å². The second-order valence-corrected chi connectivity index (χ2v) is 10.1. The molecule has 198 valence electrons. The quantitative estimate of drug-likeness (QED) is 0.179. The molecule has 0 aliphatic heterocycles. The molecule has 5 aromatic rings. The highest BCUT2D eigenvalue weighted by molar-refractivity contribution is 7.22. The first-order valence-electron chi connectivity index (χ1n) is 12.4. The van der Waals surface area contributed by atoms with Crippen LogP contribution in [0.25, 0.3) is 20.8 Å². The van der Waals surface area contributed by atoms with E-state index in [2.05, 4.69) is 9.97 Å². The van der Waals surface area contributed by atoms with E-state index in [4.69, 9.17) is 9.47 Å². The molecule has 3 heterocycles. The maximum Gasteiger partial charge on any atom is 0.166 e. The van der Waals surface area contributed by atoms with Gasteiger partial charge in [0.15, 0.2) is 11.6 Å². The Morgan fingerprint density at radius 3 is 2.49 bits per heavy atom. The van der Waals surface area contributed by atoms with Crippen LogP contribution >= 0.6 is 11.3 Å². The molecule has 0 unspecified atom stereocenters. The van der Waals surface area contributed by atoms with Crippen molar-refractivity contribution < 1.29 is 23.5 Å². The van der Waals surface area contributed by atoms with Gasteiger partial charge in [-0.3, -0.25) is 14.6 Å². The van der Waals surface area contributed by atoms with Gasteiger partial charge in [-0.05, 0) is 48.4 Å². The number of hydrogen-bond acceptors (Lipinski definition) is 7. The first-order valence-corrected chi connectivity index (χ1v) is 13.3. The second kappa shape index (κ2) is 11.6. The SMILES string of the molecule is CCn1cnc(-c2cc3nccc(Oc4ccc(CC(=O)CC(=O)Cc5cccc(OC)c5)cc4F)c3s2)c1. The molecule has 0 aliphatic carbocycles. The number of Topliss-reactive ketones (excluding diaryl/α,β-unsaturated/α-hetero) is 2. The highest BCUT2D eigenvalue weighted by Gasteiger charge is 2.16. The third-order valence-corrected chi connectivity index (χ3v) is 7.34. The number of imidazole rings is 1. The predicted molar refractivity (Wildman–Crippen MR) is 148 cm³/mol. The molecule has 0 radical (unpaired) electrons. The summed E-state index contributed by atoms with van der Waals surface area (Å²) in [6.07, 6.45) is 5.24. The van der Waals surface area contributed by atoms with E-state index in [1.807, 2.05) is 29.8 Å². The molecule has 5 rings (SSSR count). The highest BCUT2D eigenvalue weighted by Crippen LogP contribution is 2.39. The molecule has 7 nitrogen and oxygen atoms in total. The number of carbonyl (C=O) groups is 2. The van der Waals surface area contributed by atoms with Crippen LogP contribution in [0.1, 0.15) is 24.5 Å². The van der Waals surface area contributed by atoms with Crippen LogP contribution in [-0.2, 0) is 29.0 Å². The summed E-state index contributed by atoms with van der Waals surface area (Å²) >= 11 is 1.48. The van der Waals surface area contributed by atoms with Crippen molar-refractivity contribution in [3.05, 3.63) is 90.3 Å². The van der Waals surface area contributed by atoms with Gasteiger partial charge in [-0.2, -0.15) is 0 Å².